The molecule has 1 heterocycles. The van der Waals surface area contributed by atoms with Crippen LogP contribution in [0.15, 0.2) is 0 Å². The smallest absolute Gasteiger partial charge is 0.325 e. The van der Waals surface area contributed by atoms with E-state index in [1.54, 1.807) is 4.31 Å². The number of hydrogen-bond acceptors (Lipinski definition) is 5. The Hall–Kier alpha value is -0.660. The lowest BCUT2D eigenvalue weighted by Gasteiger charge is -2.49. The lowest BCUT2D eigenvalue weighted by atomic mass is 9.80. The first-order valence-electron chi connectivity index (χ1n) is 7.24. The van der Waals surface area contributed by atoms with Crippen LogP contribution in [-0.4, -0.2) is 56.2 Å². The fourth-order valence-corrected chi connectivity index (χ4v) is 5.19. The zero-order chi connectivity index (χ0) is 14.8. The summed E-state index contributed by atoms with van der Waals surface area (Å²) in [5.41, 5.74) is -0.350. The minimum absolute atomic E-state index is 0.350. The summed E-state index contributed by atoms with van der Waals surface area (Å²) in [4.78, 5) is 11.6. The average molecular weight is 304 g/mol. The van der Waals surface area contributed by atoms with Gasteiger partial charge in [-0.2, -0.15) is 4.31 Å². The van der Waals surface area contributed by atoms with Gasteiger partial charge in [0.1, 0.15) is 0 Å². The van der Waals surface area contributed by atoms with Crippen LogP contribution >= 0.6 is 0 Å². The Morgan fingerprint density at radius 2 is 1.95 bits per heavy atom. The maximum absolute atomic E-state index is 12.8. The molecule has 6 nitrogen and oxygen atoms in total. The van der Waals surface area contributed by atoms with Crippen molar-refractivity contribution in [1.82, 2.24) is 9.62 Å². The summed E-state index contributed by atoms with van der Waals surface area (Å²) >= 11 is 0. The highest BCUT2D eigenvalue weighted by molar-refractivity contribution is 7.90. The summed E-state index contributed by atoms with van der Waals surface area (Å²) in [6.45, 7) is 3.17. The molecule has 1 aliphatic carbocycles. The number of carbonyl (C=O) groups is 1. The number of piperazine rings is 1. The van der Waals surface area contributed by atoms with Crippen molar-refractivity contribution in [2.45, 2.75) is 49.8 Å². The first-order valence-corrected chi connectivity index (χ1v) is 8.74. The Balaban J connectivity index is 2.29. The molecule has 0 radical (unpaired) electrons. The van der Waals surface area contributed by atoms with E-state index in [4.69, 9.17) is 0 Å². The van der Waals surface area contributed by atoms with E-state index in [1.165, 1.54) is 14.0 Å². The molecule has 0 aromatic rings. The monoisotopic (exact) mass is 304 g/mol. The third-order valence-electron chi connectivity index (χ3n) is 4.55. The minimum atomic E-state index is -3.66. The first kappa shape index (κ1) is 15.7. The number of hydrogen-bond donors (Lipinski definition) is 1. The van der Waals surface area contributed by atoms with E-state index >= 15 is 0 Å². The molecule has 1 unspecified atom stereocenters. The van der Waals surface area contributed by atoms with Crippen LogP contribution in [0, 0.1) is 0 Å². The normalized spacial score (nSPS) is 25.3. The molecule has 1 atom stereocenters. The largest absolute Gasteiger partial charge is 0.468 e. The van der Waals surface area contributed by atoms with Gasteiger partial charge < -0.3 is 10.1 Å². The summed E-state index contributed by atoms with van der Waals surface area (Å²) in [6, 6.07) is 0. The maximum Gasteiger partial charge on any atom is 0.325 e. The van der Waals surface area contributed by atoms with Crippen LogP contribution in [0.3, 0.4) is 0 Å². The highest BCUT2D eigenvalue weighted by Gasteiger charge is 2.48. The van der Waals surface area contributed by atoms with Gasteiger partial charge >= 0.3 is 5.97 Å². The van der Waals surface area contributed by atoms with Gasteiger partial charge in [0, 0.05) is 25.2 Å². The molecule has 2 rings (SSSR count). The van der Waals surface area contributed by atoms with Crippen molar-refractivity contribution >= 4 is 16.0 Å². The van der Waals surface area contributed by atoms with E-state index < -0.39 is 21.2 Å². The summed E-state index contributed by atoms with van der Waals surface area (Å²) in [6.07, 6.45) is 4.98. The van der Waals surface area contributed by atoms with Crippen LogP contribution in [0.25, 0.3) is 0 Å². The third-order valence-corrected chi connectivity index (χ3v) is 6.82. The molecule has 2 aliphatic rings. The van der Waals surface area contributed by atoms with Crippen LogP contribution in [-0.2, 0) is 19.6 Å². The van der Waals surface area contributed by atoms with Crippen molar-refractivity contribution in [3.05, 3.63) is 0 Å². The van der Waals surface area contributed by atoms with Crippen LogP contribution in [0.4, 0.5) is 0 Å². The number of nitrogens with zero attached hydrogens (tertiary/aromatic N) is 1. The molecule has 1 aliphatic heterocycles. The van der Waals surface area contributed by atoms with Gasteiger partial charge in [0.2, 0.25) is 10.0 Å². The molecule has 2 fully saturated rings. The molecule has 0 aromatic heterocycles. The number of ether oxygens (including phenoxy) is 1. The summed E-state index contributed by atoms with van der Waals surface area (Å²) in [7, 11) is -2.44. The molecule has 0 amide bonds. The number of sulfonamides is 1. The molecule has 0 bridgehead atoms. The van der Waals surface area contributed by atoms with Gasteiger partial charge in [0.25, 0.3) is 0 Å². The number of methoxy groups -OCH3 is 1. The van der Waals surface area contributed by atoms with Crippen molar-refractivity contribution in [1.29, 1.82) is 0 Å². The number of carbonyl (C=O) groups excluding carboxylic acids is 1. The van der Waals surface area contributed by atoms with E-state index in [-0.39, 0.29) is 5.54 Å². The number of esters is 1. The zero-order valence-electron chi connectivity index (χ0n) is 12.2. The van der Waals surface area contributed by atoms with Crippen LogP contribution in [0.5, 0.6) is 0 Å². The van der Waals surface area contributed by atoms with Crippen LogP contribution < -0.4 is 5.32 Å². The van der Waals surface area contributed by atoms with E-state index in [0.717, 1.165) is 32.1 Å². The van der Waals surface area contributed by atoms with Crippen molar-refractivity contribution in [2.24, 2.45) is 0 Å². The maximum atomic E-state index is 12.8. The molecule has 1 saturated heterocycles. The molecule has 1 N–H and O–H groups in total. The van der Waals surface area contributed by atoms with E-state index in [1.807, 2.05) is 0 Å². The summed E-state index contributed by atoms with van der Waals surface area (Å²) in [5.74, 6) is -0.686. The highest BCUT2D eigenvalue weighted by atomic mass is 32.2. The summed E-state index contributed by atoms with van der Waals surface area (Å²) < 4.78 is 31.7. The highest BCUT2D eigenvalue weighted by Crippen LogP contribution is 2.37. The second kappa shape index (κ2) is 5.99. The first-order chi connectivity index (χ1) is 9.44. The molecule has 7 heteroatoms. The summed E-state index contributed by atoms with van der Waals surface area (Å²) in [5, 5.41) is 2.17. The fourth-order valence-electron chi connectivity index (χ4n) is 3.34. The van der Waals surface area contributed by atoms with Gasteiger partial charge in [-0.05, 0) is 19.8 Å². The van der Waals surface area contributed by atoms with Crippen molar-refractivity contribution in [2.75, 3.05) is 26.7 Å². The molecule has 1 saturated carbocycles. The van der Waals surface area contributed by atoms with E-state index in [2.05, 4.69) is 10.1 Å². The molecular weight excluding hydrogens is 280 g/mol. The Morgan fingerprint density at radius 1 is 1.30 bits per heavy atom. The lowest BCUT2D eigenvalue weighted by Crippen LogP contribution is -2.65. The number of nitrogens with one attached hydrogen (secondary N) is 1. The second-order valence-corrected chi connectivity index (χ2v) is 7.92. The predicted molar refractivity (Wildman–Crippen MR) is 75.8 cm³/mol. The quantitative estimate of drug-likeness (QED) is 0.768. The molecule has 0 aromatic carbocycles. The Morgan fingerprint density at radius 3 is 2.55 bits per heavy atom. The topological polar surface area (TPSA) is 75.7 Å². The SMILES string of the molecule is COC(=O)C(C)S(=O)(=O)N1CCNCC12CCCCC2. The van der Waals surface area contributed by atoms with Gasteiger partial charge in [0.05, 0.1) is 7.11 Å². The van der Waals surface area contributed by atoms with Gasteiger partial charge in [-0.25, -0.2) is 8.42 Å². The van der Waals surface area contributed by atoms with Gasteiger partial charge in [-0.15, -0.1) is 0 Å². The number of rotatable bonds is 3. The Kier molecular flexibility index (Phi) is 4.71. The van der Waals surface area contributed by atoms with Crippen LogP contribution in [0.2, 0.25) is 0 Å². The van der Waals surface area contributed by atoms with Crippen molar-refractivity contribution < 1.29 is 17.9 Å². The second-order valence-electron chi connectivity index (χ2n) is 5.74. The average Bonchev–Trinajstić information content (AvgIpc) is 2.46. The Labute approximate surface area is 120 Å². The lowest BCUT2D eigenvalue weighted by molar-refractivity contribution is -0.139. The van der Waals surface area contributed by atoms with Crippen LogP contribution in [0.1, 0.15) is 39.0 Å². The van der Waals surface area contributed by atoms with Gasteiger partial charge in [0.15, 0.2) is 5.25 Å². The third kappa shape index (κ3) is 2.71. The van der Waals surface area contributed by atoms with Gasteiger partial charge in [-0.3, -0.25) is 4.79 Å². The predicted octanol–water partition coefficient (Wildman–Crippen LogP) is 0.486. The van der Waals surface area contributed by atoms with E-state index in [9.17, 15) is 13.2 Å². The molecule has 1 spiro atoms. The molecular formula is C13H24N2O4S. The Bertz CT molecular complexity index is 449. The van der Waals surface area contributed by atoms with Crippen molar-refractivity contribution in [3.8, 4) is 0 Å². The fraction of sp³-hybridized carbons (Fsp3) is 0.923. The molecule has 20 heavy (non-hydrogen) atoms. The van der Waals surface area contributed by atoms with Crippen molar-refractivity contribution in [3.63, 3.8) is 0 Å². The standard InChI is InChI=1S/C13H24N2O4S/c1-11(12(16)19-2)20(17,18)15-9-8-14-10-13(15)6-4-3-5-7-13/h11,14H,3-10H2,1-2H3. The van der Waals surface area contributed by atoms with Gasteiger partial charge in [-0.1, -0.05) is 19.3 Å². The minimum Gasteiger partial charge on any atom is -0.468 e. The molecule has 116 valence electrons. The zero-order valence-corrected chi connectivity index (χ0v) is 13.0. The van der Waals surface area contributed by atoms with E-state index in [0.29, 0.717) is 19.6 Å².